The van der Waals surface area contributed by atoms with Crippen molar-refractivity contribution < 1.29 is 14.7 Å². The fourth-order valence-electron chi connectivity index (χ4n) is 3.29. The fraction of sp³-hybridized carbons (Fsp3) is 0.529. The number of amides is 3. The minimum absolute atomic E-state index is 0.0362. The lowest BCUT2D eigenvalue weighted by Gasteiger charge is -2.48. The molecule has 2 atom stereocenters. The van der Waals surface area contributed by atoms with Crippen LogP contribution in [0.15, 0.2) is 24.3 Å². The number of aliphatic hydroxyl groups is 1. The number of urea groups is 1. The molecule has 2 aliphatic rings. The van der Waals surface area contributed by atoms with Gasteiger partial charge in [-0.15, -0.1) is 0 Å². The molecule has 6 heteroatoms. The van der Waals surface area contributed by atoms with Crippen LogP contribution in [0, 0.1) is 5.92 Å². The van der Waals surface area contributed by atoms with Crippen LogP contribution in [0.1, 0.15) is 27.2 Å². The SMILES string of the molecule is CCC(C)C1C(=O)Nc2ccccc2N1C(=O)N1CC(C)(O)C1. The summed E-state index contributed by atoms with van der Waals surface area (Å²) in [5.41, 5.74) is 0.533. The second kappa shape index (κ2) is 5.53. The van der Waals surface area contributed by atoms with Crippen LogP contribution in [0.4, 0.5) is 16.2 Å². The molecule has 0 aliphatic carbocycles. The average molecular weight is 317 g/mol. The number of nitrogens with one attached hydrogen (secondary N) is 1. The number of likely N-dealkylation sites (tertiary alicyclic amines) is 1. The molecule has 2 heterocycles. The van der Waals surface area contributed by atoms with Crippen LogP contribution in [0.3, 0.4) is 0 Å². The number of hydrogen-bond donors (Lipinski definition) is 2. The Labute approximate surface area is 136 Å². The number of carbonyl (C=O) groups is 2. The van der Waals surface area contributed by atoms with Crippen molar-refractivity contribution in [3.8, 4) is 0 Å². The largest absolute Gasteiger partial charge is 0.386 e. The van der Waals surface area contributed by atoms with Crippen LogP contribution in [-0.4, -0.2) is 46.7 Å². The van der Waals surface area contributed by atoms with Gasteiger partial charge in [0.1, 0.15) is 6.04 Å². The lowest BCUT2D eigenvalue weighted by molar-refractivity contribution is -0.118. The van der Waals surface area contributed by atoms with Gasteiger partial charge in [0.05, 0.1) is 30.1 Å². The Hall–Kier alpha value is -2.08. The van der Waals surface area contributed by atoms with E-state index in [0.29, 0.717) is 24.5 Å². The molecule has 2 N–H and O–H groups in total. The second-order valence-corrected chi connectivity index (χ2v) is 6.84. The first kappa shape index (κ1) is 15.8. The van der Waals surface area contributed by atoms with E-state index in [2.05, 4.69) is 5.32 Å². The predicted molar refractivity (Wildman–Crippen MR) is 88.4 cm³/mol. The molecule has 1 aromatic carbocycles. The number of hydrogen-bond acceptors (Lipinski definition) is 3. The summed E-state index contributed by atoms with van der Waals surface area (Å²) in [7, 11) is 0. The van der Waals surface area contributed by atoms with E-state index in [-0.39, 0.29) is 17.9 Å². The van der Waals surface area contributed by atoms with Crippen LogP contribution in [0.5, 0.6) is 0 Å². The lowest BCUT2D eigenvalue weighted by Crippen LogP contribution is -2.67. The van der Waals surface area contributed by atoms with Crippen molar-refractivity contribution in [2.24, 2.45) is 5.92 Å². The molecule has 3 rings (SSSR count). The third-order valence-electron chi connectivity index (χ3n) is 4.69. The van der Waals surface area contributed by atoms with E-state index in [0.717, 1.165) is 6.42 Å². The quantitative estimate of drug-likeness (QED) is 0.877. The van der Waals surface area contributed by atoms with Crippen LogP contribution in [-0.2, 0) is 4.79 Å². The second-order valence-electron chi connectivity index (χ2n) is 6.84. The first-order valence-electron chi connectivity index (χ1n) is 8.04. The van der Waals surface area contributed by atoms with Crippen molar-refractivity contribution in [1.29, 1.82) is 0 Å². The molecule has 2 aliphatic heterocycles. The molecule has 0 saturated carbocycles. The van der Waals surface area contributed by atoms with Crippen molar-refractivity contribution in [2.75, 3.05) is 23.3 Å². The maximum absolute atomic E-state index is 13.0. The number of β-amino-alcohol motifs (C(OH)–C–C–N with tert-alkyl or cyclic N) is 1. The van der Waals surface area contributed by atoms with E-state index in [1.165, 1.54) is 0 Å². The maximum atomic E-state index is 13.0. The molecule has 2 unspecified atom stereocenters. The molecule has 0 spiro atoms. The molecule has 0 aromatic heterocycles. The van der Waals surface area contributed by atoms with E-state index < -0.39 is 11.6 Å². The first-order chi connectivity index (χ1) is 10.8. The summed E-state index contributed by atoms with van der Waals surface area (Å²) in [5, 5.41) is 12.8. The van der Waals surface area contributed by atoms with Gasteiger partial charge in [-0.25, -0.2) is 4.79 Å². The van der Waals surface area contributed by atoms with Crippen molar-refractivity contribution in [2.45, 2.75) is 38.8 Å². The zero-order chi connectivity index (χ0) is 16.8. The molecule has 1 fully saturated rings. The summed E-state index contributed by atoms with van der Waals surface area (Å²) >= 11 is 0. The third-order valence-corrected chi connectivity index (χ3v) is 4.69. The Morgan fingerprint density at radius 1 is 1.43 bits per heavy atom. The summed E-state index contributed by atoms with van der Waals surface area (Å²) in [5.74, 6) is -0.118. The smallest absolute Gasteiger partial charge is 0.325 e. The molecule has 1 saturated heterocycles. The Morgan fingerprint density at radius 2 is 2.09 bits per heavy atom. The summed E-state index contributed by atoms with van der Waals surface area (Å²) in [6, 6.07) is 6.58. The summed E-state index contributed by atoms with van der Waals surface area (Å²) in [6.07, 6.45) is 0.793. The number of carbonyl (C=O) groups excluding carboxylic acids is 2. The van der Waals surface area contributed by atoms with Gasteiger partial charge < -0.3 is 15.3 Å². The van der Waals surface area contributed by atoms with Gasteiger partial charge in [-0.05, 0) is 25.0 Å². The fourth-order valence-corrected chi connectivity index (χ4v) is 3.29. The highest BCUT2D eigenvalue weighted by atomic mass is 16.3. The van der Waals surface area contributed by atoms with Gasteiger partial charge in [-0.1, -0.05) is 32.4 Å². The number of rotatable bonds is 2. The highest BCUT2D eigenvalue weighted by Crippen LogP contribution is 2.36. The lowest BCUT2D eigenvalue weighted by atomic mass is 9.93. The predicted octanol–water partition coefficient (Wildman–Crippen LogP) is 2.05. The zero-order valence-electron chi connectivity index (χ0n) is 13.7. The molecular weight excluding hydrogens is 294 g/mol. The standard InChI is InChI=1S/C17H23N3O3/c1-4-11(2)14-15(21)18-12-7-5-6-8-13(12)20(14)16(22)19-9-17(3,23)10-19/h5-8,11,14,23H,4,9-10H2,1-3H3,(H,18,21). The van der Waals surface area contributed by atoms with Crippen LogP contribution >= 0.6 is 0 Å². The molecule has 0 radical (unpaired) electrons. The number of para-hydroxylation sites is 2. The maximum Gasteiger partial charge on any atom is 0.325 e. The van der Waals surface area contributed by atoms with Gasteiger partial charge >= 0.3 is 6.03 Å². The van der Waals surface area contributed by atoms with Gasteiger partial charge in [-0.3, -0.25) is 9.69 Å². The molecule has 23 heavy (non-hydrogen) atoms. The minimum atomic E-state index is -0.834. The van der Waals surface area contributed by atoms with Gasteiger partial charge in [-0.2, -0.15) is 0 Å². The highest BCUT2D eigenvalue weighted by molar-refractivity contribution is 6.11. The molecule has 3 amide bonds. The number of anilines is 2. The summed E-state index contributed by atoms with van der Waals surface area (Å²) in [4.78, 5) is 28.7. The monoisotopic (exact) mass is 317 g/mol. The van der Waals surface area contributed by atoms with E-state index in [4.69, 9.17) is 0 Å². The zero-order valence-corrected chi connectivity index (χ0v) is 13.7. The number of benzene rings is 1. The van der Waals surface area contributed by atoms with Crippen LogP contribution < -0.4 is 10.2 Å². The topological polar surface area (TPSA) is 72.9 Å². The van der Waals surface area contributed by atoms with E-state index >= 15 is 0 Å². The van der Waals surface area contributed by atoms with Crippen LogP contribution in [0.2, 0.25) is 0 Å². The summed E-state index contributed by atoms with van der Waals surface area (Å²) in [6.45, 7) is 6.28. The molecule has 0 bridgehead atoms. The molecule has 124 valence electrons. The third kappa shape index (κ3) is 2.67. The van der Waals surface area contributed by atoms with Crippen molar-refractivity contribution >= 4 is 23.3 Å². The Kier molecular flexibility index (Phi) is 3.80. The Morgan fingerprint density at radius 3 is 2.70 bits per heavy atom. The molecule has 6 nitrogen and oxygen atoms in total. The van der Waals surface area contributed by atoms with Gasteiger partial charge in [0.25, 0.3) is 0 Å². The minimum Gasteiger partial charge on any atom is -0.386 e. The van der Waals surface area contributed by atoms with Crippen molar-refractivity contribution in [1.82, 2.24) is 4.90 Å². The van der Waals surface area contributed by atoms with E-state index in [1.807, 2.05) is 32.0 Å². The normalized spacial score (nSPS) is 23.7. The first-order valence-corrected chi connectivity index (χ1v) is 8.04. The average Bonchev–Trinajstić information content (AvgIpc) is 2.49. The van der Waals surface area contributed by atoms with E-state index in [9.17, 15) is 14.7 Å². The molecule has 1 aromatic rings. The Balaban J connectivity index is 1.98. The van der Waals surface area contributed by atoms with Crippen LogP contribution in [0.25, 0.3) is 0 Å². The molecular formula is C17H23N3O3. The number of fused-ring (bicyclic) bond motifs is 1. The van der Waals surface area contributed by atoms with Gasteiger partial charge in [0.2, 0.25) is 5.91 Å². The Bertz CT molecular complexity index is 636. The van der Waals surface area contributed by atoms with Crippen molar-refractivity contribution in [3.05, 3.63) is 24.3 Å². The van der Waals surface area contributed by atoms with Gasteiger partial charge in [0, 0.05) is 0 Å². The van der Waals surface area contributed by atoms with E-state index in [1.54, 1.807) is 22.8 Å². The number of nitrogens with zero attached hydrogens (tertiary/aromatic N) is 2. The van der Waals surface area contributed by atoms with Gasteiger partial charge in [0.15, 0.2) is 0 Å². The van der Waals surface area contributed by atoms with Crippen molar-refractivity contribution in [3.63, 3.8) is 0 Å². The highest BCUT2D eigenvalue weighted by Gasteiger charge is 2.46. The summed E-state index contributed by atoms with van der Waals surface area (Å²) < 4.78 is 0.